The van der Waals surface area contributed by atoms with E-state index in [0.29, 0.717) is 4.83 Å². The molecule has 0 saturated carbocycles. The van der Waals surface area contributed by atoms with Crippen molar-refractivity contribution in [3.63, 3.8) is 0 Å². The highest BCUT2D eigenvalue weighted by Gasteiger charge is 1.43. The number of rotatable bonds is 0. The van der Waals surface area contributed by atoms with Crippen molar-refractivity contribution in [1.29, 1.82) is 0 Å². The lowest BCUT2D eigenvalue weighted by molar-refractivity contribution is 0.782. The van der Waals surface area contributed by atoms with Gasteiger partial charge >= 0.3 is 0 Å². The molecule has 0 fully saturated rings. The molecular formula is CH5NOP-. The minimum atomic E-state index is 0.667. The standard InChI is InChI=1S/CH5NOP/c1-2(3)4/h4H2,1H3/q-1. The molecule has 0 rings (SSSR count). The summed E-state index contributed by atoms with van der Waals surface area (Å²) in [4.78, 5) is 0.667. The third-order valence-corrected chi connectivity index (χ3v) is 0. The van der Waals surface area contributed by atoms with Gasteiger partial charge in [-0.05, 0) is 7.05 Å². The van der Waals surface area contributed by atoms with E-state index in [2.05, 4.69) is 0 Å². The molecule has 0 amide bonds. The molecule has 0 heterocycles. The van der Waals surface area contributed by atoms with E-state index in [1.165, 1.54) is 7.05 Å². The summed E-state index contributed by atoms with van der Waals surface area (Å²) >= 11 is 0. The van der Waals surface area contributed by atoms with E-state index < -0.39 is 0 Å². The first-order valence-corrected chi connectivity index (χ1v) is 1.40. The van der Waals surface area contributed by atoms with Crippen molar-refractivity contribution in [3.8, 4) is 0 Å². The van der Waals surface area contributed by atoms with Gasteiger partial charge in [-0.25, -0.2) is 0 Å². The Morgan fingerprint density at radius 3 is 2.00 bits per heavy atom. The molecule has 0 aromatic carbocycles. The monoisotopic (exact) mass is 78.0 g/mol. The molecule has 0 aromatic rings. The molecule has 0 spiro atoms. The van der Waals surface area contributed by atoms with Gasteiger partial charge in [0, 0.05) is 0 Å². The highest BCUT2D eigenvalue weighted by atomic mass is 31.0. The van der Waals surface area contributed by atoms with Crippen LogP contribution in [0.5, 0.6) is 0 Å². The van der Waals surface area contributed by atoms with Gasteiger partial charge in [0.2, 0.25) is 0 Å². The van der Waals surface area contributed by atoms with Crippen LogP contribution in [0, 0.1) is 5.21 Å². The summed E-state index contributed by atoms with van der Waals surface area (Å²) in [5, 5.41) is 9.32. The maximum Gasteiger partial charge on any atom is -0.0236 e. The zero-order valence-corrected chi connectivity index (χ0v) is 3.59. The molecule has 0 N–H and O–H groups in total. The van der Waals surface area contributed by atoms with E-state index in [4.69, 9.17) is 0 Å². The summed E-state index contributed by atoms with van der Waals surface area (Å²) in [6.07, 6.45) is 0. The van der Waals surface area contributed by atoms with Gasteiger partial charge in [-0.3, -0.25) is 0 Å². The van der Waals surface area contributed by atoms with Crippen LogP contribution >= 0.6 is 9.39 Å². The van der Waals surface area contributed by atoms with Crippen LogP contribution in [0.4, 0.5) is 0 Å². The average Bonchev–Trinajstić information content (AvgIpc) is 0.811. The molecule has 0 aliphatic heterocycles. The SMILES string of the molecule is CN([O-])P. The Hall–Kier alpha value is 0.350. The first-order valence-electron chi connectivity index (χ1n) is 0.888. The fourth-order valence-electron chi connectivity index (χ4n) is 0. The van der Waals surface area contributed by atoms with E-state index in [-0.39, 0.29) is 0 Å². The van der Waals surface area contributed by atoms with E-state index in [1.54, 1.807) is 0 Å². The lowest BCUT2D eigenvalue weighted by Crippen LogP contribution is -1.84. The normalized spacial score (nSPS) is 9.00. The third-order valence-electron chi connectivity index (χ3n) is 0. The lowest BCUT2D eigenvalue weighted by atomic mass is 11.6. The van der Waals surface area contributed by atoms with E-state index in [9.17, 15) is 5.21 Å². The summed E-state index contributed by atoms with van der Waals surface area (Å²) in [5.74, 6) is 0. The smallest absolute Gasteiger partial charge is 0.0236 e. The first-order chi connectivity index (χ1) is 1.73. The predicted octanol–water partition coefficient (Wildman–Crippen LogP) is 0.206. The Morgan fingerprint density at radius 1 is 2.00 bits per heavy atom. The van der Waals surface area contributed by atoms with E-state index in [0.717, 1.165) is 0 Å². The van der Waals surface area contributed by atoms with Crippen LogP contribution in [0.1, 0.15) is 0 Å². The minimum Gasteiger partial charge on any atom is -0.782 e. The Labute approximate surface area is 27.6 Å². The second-order valence-electron chi connectivity index (χ2n) is 0.546. The number of hydrogen-bond acceptors (Lipinski definition) is 2. The Bertz CT molecular complexity index is 12.8. The largest absolute Gasteiger partial charge is 0.782 e. The van der Waals surface area contributed by atoms with Gasteiger partial charge in [0.15, 0.2) is 0 Å². The molecule has 4 heavy (non-hydrogen) atoms. The Balaban J connectivity index is 2.32. The first kappa shape index (κ1) is 4.35. The summed E-state index contributed by atoms with van der Waals surface area (Å²) in [6.45, 7) is 0. The predicted molar refractivity (Wildman–Crippen MR) is 20.8 cm³/mol. The molecular weight excluding hydrogens is 73.0 g/mol. The quantitative estimate of drug-likeness (QED) is 0.305. The van der Waals surface area contributed by atoms with E-state index in [1.807, 2.05) is 9.39 Å². The average molecular weight is 78.0 g/mol. The highest BCUT2D eigenvalue weighted by molar-refractivity contribution is 7.13. The zero-order valence-electron chi connectivity index (χ0n) is 2.43. The van der Waals surface area contributed by atoms with Crippen LogP contribution in [-0.2, 0) is 0 Å². The fraction of sp³-hybridized carbons (Fsp3) is 1.00. The van der Waals surface area contributed by atoms with Crippen molar-refractivity contribution < 1.29 is 0 Å². The van der Waals surface area contributed by atoms with Gasteiger partial charge in [0.25, 0.3) is 0 Å². The van der Waals surface area contributed by atoms with Crippen LogP contribution in [0.25, 0.3) is 0 Å². The molecule has 1 unspecified atom stereocenters. The third kappa shape index (κ3) is 35.0. The molecule has 0 saturated heterocycles. The van der Waals surface area contributed by atoms with Crippen LogP contribution in [-0.4, -0.2) is 11.9 Å². The zero-order chi connectivity index (χ0) is 3.58. The molecule has 0 aliphatic rings. The number of nitrogens with zero attached hydrogens (tertiary/aromatic N) is 1. The summed E-state index contributed by atoms with van der Waals surface area (Å²) in [7, 11) is 3.34. The van der Waals surface area contributed by atoms with Crippen LogP contribution in [0.15, 0.2) is 0 Å². The van der Waals surface area contributed by atoms with Crippen LogP contribution in [0.3, 0.4) is 0 Å². The summed E-state index contributed by atoms with van der Waals surface area (Å²) in [6, 6.07) is 0. The topological polar surface area (TPSA) is 26.3 Å². The Morgan fingerprint density at radius 2 is 2.00 bits per heavy atom. The molecule has 1 atom stereocenters. The fourth-order valence-corrected chi connectivity index (χ4v) is 0. The lowest BCUT2D eigenvalue weighted by Gasteiger charge is -2.10. The van der Waals surface area contributed by atoms with Crippen LogP contribution in [0.2, 0.25) is 0 Å². The summed E-state index contributed by atoms with van der Waals surface area (Å²) < 4.78 is 0. The Kier molecular flexibility index (Phi) is 1.79. The van der Waals surface area contributed by atoms with Gasteiger partial charge in [-0.1, -0.05) is 9.39 Å². The molecule has 0 aromatic heterocycles. The number of hydroxylamine groups is 1. The highest BCUT2D eigenvalue weighted by Crippen LogP contribution is 1.81. The minimum absolute atomic E-state index is 0.667. The van der Waals surface area contributed by atoms with Crippen LogP contribution < -0.4 is 0 Å². The van der Waals surface area contributed by atoms with Crippen molar-refractivity contribution >= 4 is 9.39 Å². The van der Waals surface area contributed by atoms with Gasteiger partial charge < -0.3 is 10.0 Å². The second kappa shape index (κ2) is 1.65. The maximum absolute atomic E-state index is 9.32. The van der Waals surface area contributed by atoms with Gasteiger partial charge in [-0.15, -0.1) is 0 Å². The van der Waals surface area contributed by atoms with Crippen molar-refractivity contribution in [2.24, 2.45) is 0 Å². The van der Waals surface area contributed by atoms with E-state index >= 15 is 0 Å². The van der Waals surface area contributed by atoms with Crippen molar-refractivity contribution in [2.45, 2.75) is 0 Å². The molecule has 0 bridgehead atoms. The molecule has 0 radical (unpaired) electrons. The number of hydrogen-bond donors (Lipinski definition) is 0. The van der Waals surface area contributed by atoms with Crippen molar-refractivity contribution in [3.05, 3.63) is 5.21 Å². The maximum atomic E-state index is 9.32. The van der Waals surface area contributed by atoms with Gasteiger partial charge in [0.05, 0.1) is 0 Å². The second-order valence-corrected chi connectivity index (χ2v) is 1.27. The molecule has 0 aliphatic carbocycles. The van der Waals surface area contributed by atoms with Gasteiger partial charge in [0.1, 0.15) is 0 Å². The molecule has 2 nitrogen and oxygen atoms in total. The van der Waals surface area contributed by atoms with Crippen molar-refractivity contribution in [2.75, 3.05) is 7.05 Å². The summed E-state index contributed by atoms with van der Waals surface area (Å²) in [5.41, 5.74) is 0. The van der Waals surface area contributed by atoms with Gasteiger partial charge in [-0.2, -0.15) is 0 Å². The van der Waals surface area contributed by atoms with Crippen molar-refractivity contribution in [1.82, 2.24) is 4.83 Å². The molecule has 26 valence electrons. The molecule has 3 heteroatoms.